The van der Waals surface area contributed by atoms with Crippen LogP contribution in [0.1, 0.15) is 5.56 Å². The SMILES string of the molecule is N#Cc1cc(F)cc(N2CC(N)C2)c1. The molecule has 3 nitrogen and oxygen atoms in total. The molecule has 1 aromatic carbocycles. The number of nitriles is 1. The number of hydrogen-bond donors (Lipinski definition) is 1. The van der Waals surface area contributed by atoms with Crippen molar-refractivity contribution in [2.45, 2.75) is 6.04 Å². The van der Waals surface area contributed by atoms with Crippen LogP contribution in [0.3, 0.4) is 0 Å². The monoisotopic (exact) mass is 191 g/mol. The van der Waals surface area contributed by atoms with Gasteiger partial charge in [-0.1, -0.05) is 0 Å². The molecule has 1 heterocycles. The van der Waals surface area contributed by atoms with Crippen molar-refractivity contribution in [1.82, 2.24) is 0 Å². The van der Waals surface area contributed by atoms with E-state index < -0.39 is 0 Å². The lowest BCUT2D eigenvalue weighted by atomic mass is 10.1. The van der Waals surface area contributed by atoms with Gasteiger partial charge >= 0.3 is 0 Å². The molecule has 0 unspecified atom stereocenters. The topological polar surface area (TPSA) is 53.0 Å². The average Bonchev–Trinajstić information content (AvgIpc) is 2.12. The molecule has 0 amide bonds. The van der Waals surface area contributed by atoms with Gasteiger partial charge in [0.1, 0.15) is 5.82 Å². The molecule has 0 radical (unpaired) electrons. The first-order valence-electron chi connectivity index (χ1n) is 4.40. The summed E-state index contributed by atoms with van der Waals surface area (Å²) < 4.78 is 13.0. The predicted octanol–water partition coefficient (Wildman–Crippen LogP) is 0.845. The minimum atomic E-state index is -0.375. The maximum atomic E-state index is 13.0. The maximum Gasteiger partial charge on any atom is 0.126 e. The van der Waals surface area contributed by atoms with Crippen LogP contribution in [0.25, 0.3) is 0 Å². The number of nitrogens with two attached hydrogens (primary N) is 1. The Hall–Kier alpha value is -1.60. The predicted molar refractivity (Wildman–Crippen MR) is 51.3 cm³/mol. The van der Waals surface area contributed by atoms with Gasteiger partial charge in [-0.2, -0.15) is 5.26 Å². The van der Waals surface area contributed by atoms with Crippen molar-refractivity contribution in [1.29, 1.82) is 5.26 Å². The van der Waals surface area contributed by atoms with E-state index in [4.69, 9.17) is 11.0 Å². The number of benzene rings is 1. The zero-order chi connectivity index (χ0) is 10.1. The lowest BCUT2D eigenvalue weighted by Crippen LogP contribution is -2.55. The fourth-order valence-corrected chi connectivity index (χ4v) is 1.54. The second kappa shape index (κ2) is 3.28. The molecule has 0 saturated carbocycles. The van der Waals surface area contributed by atoms with Gasteiger partial charge in [-0.3, -0.25) is 0 Å². The Labute approximate surface area is 81.5 Å². The summed E-state index contributed by atoms with van der Waals surface area (Å²) in [5, 5.41) is 8.65. The molecular formula is C10H10FN3. The highest BCUT2D eigenvalue weighted by Gasteiger charge is 2.23. The van der Waals surface area contributed by atoms with Crippen LogP contribution in [0.5, 0.6) is 0 Å². The summed E-state index contributed by atoms with van der Waals surface area (Å²) in [5.74, 6) is -0.375. The molecule has 0 spiro atoms. The number of hydrogen-bond acceptors (Lipinski definition) is 3. The molecule has 4 heteroatoms. The molecule has 1 saturated heterocycles. The first-order chi connectivity index (χ1) is 6.69. The average molecular weight is 191 g/mol. The van der Waals surface area contributed by atoms with Gasteiger partial charge in [-0.25, -0.2) is 4.39 Å². The Bertz CT molecular complexity index is 391. The largest absolute Gasteiger partial charge is 0.368 e. The molecule has 2 rings (SSSR count). The molecule has 2 N–H and O–H groups in total. The van der Waals surface area contributed by atoms with Crippen molar-refractivity contribution in [3.8, 4) is 6.07 Å². The minimum Gasteiger partial charge on any atom is -0.368 e. The summed E-state index contributed by atoms with van der Waals surface area (Å²) >= 11 is 0. The number of anilines is 1. The third kappa shape index (κ3) is 1.54. The van der Waals surface area contributed by atoms with Crippen LogP contribution in [0.2, 0.25) is 0 Å². The number of nitrogens with zero attached hydrogens (tertiary/aromatic N) is 2. The van der Waals surface area contributed by atoms with E-state index >= 15 is 0 Å². The van der Waals surface area contributed by atoms with E-state index in [9.17, 15) is 4.39 Å². The van der Waals surface area contributed by atoms with Gasteiger partial charge in [0.15, 0.2) is 0 Å². The normalized spacial score (nSPS) is 16.2. The van der Waals surface area contributed by atoms with Crippen molar-refractivity contribution in [2.24, 2.45) is 5.73 Å². The van der Waals surface area contributed by atoms with Crippen LogP contribution < -0.4 is 10.6 Å². The summed E-state index contributed by atoms with van der Waals surface area (Å²) in [4.78, 5) is 1.95. The van der Waals surface area contributed by atoms with Gasteiger partial charge in [-0.05, 0) is 18.2 Å². The van der Waals surface area contributed by atoms with Crippen LogP contribution in [0.4, 0.5) is 10.1 Å². The van der Waals surface area contributed by atoms with Gasteiger partial charge in [0.2, 0.25) is 0 Å². The van der Waals surface area contributed by atoms with E-state index in [1.54, 1.807) is 6.07 Å². The van der Waals surface area contributed by atoms with Crippen LogP contribution in [0.15, 0.2) is 18.2 Å². The van der Waals surface area contributed by atoms with E-state index in [-0.39, 0.29) is 11.9 Å². The molecule has 1 aliphatic rings. The summed E-state index contributed by atoms with van der Waals surface area (Å²) in [5.41, 5.74) is 6.70. The quantitative estimate of drug-likeness (QED) is 0.715. The summed E-state index contributed by atoms with van der Waals surface area (Å²) in [7, 11) is 0. The zero-order valence-corrected chi connectivity index (χ0v) is 7.57. The Morgan fingerprint density at radius 3 is 2.71 bits per heavy atom. The molecule has 72 valence electrons. The summed E-state index contributed by atoms with van der Waals surface area (Å²) in [6.07, 6.45) is 0. The van der Waals surface area contributed by atoms with Gasteiger partial charge in [-0.15, -0.1) is 0 Å². The molecule has 1 aromatic rings. The van der Waals surface area contributed by atoms with Crippen LogP contribution in [-0.2, 0) is 0 Å². The highest BCUT2D eigenvalue weighted by atomic mass is 19.1. The molecule has 1 fully saturated rings. The first-order valence-corrected chi connectivity index (χ1v) is 4.40. The van der Waals surface area contributed by atoms with Crippen molar-refractivity contribution in [3.63, 3.8) is 0 Å². The first kappa shape index (κ1) is 8.97. The number of rotatable bonds is 1. The Morgan fingerprint density at radius 2 is 2.14 bits per heavy atom. The van der Waals surface area contributed by atoms with Gasteiger partial charge < -0.3 is 10.6 Å². The van der Waals surface area contributed by atoms with E-state index in [0.717, 1.165) is 18.8 Å². The van der Waals surface area contributed by atoms with Crippen molar-refractivity contribution >= 4 is 5.69 Å². The van der Waals surface area contributed by atoms with Crippen LogP contribution in [0, 0.1) is 17.1 Å². The highest BCUT2D eigenvalue weighted by molar-refractivity contribution is 5.54. The molecule has 0 bridgehead atoms. The second-order valence-electron chi connectivity index (χ2n) is 3.47. The smallest absolute Gasteiger partial charge is 0.126 e. The molecule has 14 heavy (non-hydrogen) atoms. The van der Waals surface area contributed by atoms with Gasteiger partial charge in [0.25, 0.3) is 0 Å². The van der Waals surface area contributed by atoms with Gasteiger partial charge in [0.05, 0.1) is 11.6 Å². The standard InChI is InChI=1S/C10H10FN3/c11-8-1-7(4-12)2-10(3-8)14-5-9(13)6-14/h1-3,9H,5-6,13H2. The highest BCUT2D eigenvalue weighted by Crippen LogP contribution is 2.22. The minimum absolute atomic E-state index is 0.170. The Morgan fingerprint density at radius 1 is 1.43 bits per heavy atom. The van der Waals surface area contributed by atoms with Crippen molar-refractivity contribution < 1.29 is 4.39 Å². The molecule has 0 aliphatic carbocycles. The molecular weight excluding hydrogens is 181 g/mol. The Balaban J connectivity index is 2.26. The molecule has 0 aromatic heterocycles. The van der Waals surface area contributed by atoms with E-state index in [0.29, 0.717) is 5.56 Å². The lowest BCUT2D eigenvalue weighted by molar-refractivity contribution is 0.517. The van der Waals surface area contributed by atoms with Crippen molar-refractivity contribution in [2.75, 3.05) is 18.0 Å². The van der Waals surface area contributed by atoms with E-state index in [2.05, 4.69) is 0 Å². The summed E-state index contributed by atoms with van der Waals surface area (Å²) in [6, 6.07) is 6.42. The molecule has 1 aliphatic heterocycles. The van der Waals surface area contributed by atoms with E-state index in [1.807, 2.05) is 11.0 Å². The fourth-order valence-electron chi connectivity index (χ4n) is 1.54. The third-order valence-electron chi connectivity index (χ3n) is 2.29. The molecule has 0 atom stereocenters. The zero-order valence-electron chi connectivity index (χ0n) is 7.57. The Kier molecular flexibility index (Phi) is 2.10. The third-order valence-corrected chi connectivity index (χ3v) is 2.29. The van der Waals surface area contributed by atoms with Crippen LogP contribution in [-0.4, -0.2) is 19.1 Å². The van der Waals surface area contributed by atoms with Crippen LogP contribution >= 0.6 is 0 Å². The van der Waals surface area contributed by atoms with Crippen molar-refractivity contribution in [3.05, 3.63) is 29.6 Å². The fraction of sp³-hybridized carbons (Fsp3) is 0.300. The number of halogens is 1. The van der Waals surface area contributed by atoms with Gasteiger partial charge in [0, 0.05) is 24.8 Å². The summed E-state index contributed by atoms with van der Waals surface area (Å²) in [6.45, 7) is 1.46. The maximum absolute atomic E-state index is 13.0. The lowest BCUT2D eigenvalue weighted by Gasteiger charge is -2.38. The van der Waals surface area contributed by atoms with E-state index in [1.165, 1.54) is 12.1 Å². The second-order valence-corrected chi connectivity index (χ2v) is 3.47.